The van der Waals surface area contributed by atoms with Gasteiger partial charge in [0.1, 0.15) is 5.82 Å². The van der Waals surface area contributed by atoms with Crippen LogP contribution < -0.4 is 16.0 Å². The Morgan fingerprint density at radius 3 is 2.64 bits per heavy atom. The lowest BCUT2D eigenvalue weighted by Gasteiger charge is -2.29. The molecule has 3 N–H and O–H groups in total. The highest BCUT2D eigenvalue weighted by Gasteiger charge is 2.19. The van der Waals surface area contributed by atoms with Gasteiger partial charge in [0, 0.05) is 39.4 Å². The van der Waals surface area contributed by atoms with Crippen molar-refractivity contribution in [1.29, 1.82) is 0 Å². The molecule has 1 aliphatic rings. The number of pyridine rings is 1. The first-order chi connectivity index (χ1) is 15.9. The molecule has 0 aliphatic carbocycles. The second-order valence-electron chi connectivity index (χ2n) is 8.41. The number of anilines is 1. The Kier molecular flexibility index (Phi) is 10.7. The van der Waals surface area contributed by atoms with Crippen LogP contribution in [0.25, 0.3) is 5.70 Å². The molecule has 1 aliphatic heterocycles. The van der Waals surface area contributed by atoms with Gasteiger partial charge in [-0.05, 0) is 56.5 Å². The summed E-state index contributed by atoms with van der Waals surface area (Å²) in [5, 5.41) is 10.2. The Labute approximate surface area is 200 Å². The summed E-state index contributed by atoms with van der Waals surface area (Å²) in [6.07, 6.45) is 15.1. The Morgan fingerprint density at radius 2 is 2.03 bits per heavy atom. The van der Waals surface area contributed by atoms with E-state index in [1.54, 1.807) is 0 Å². The standard InChI is InChI=1S/C28H41N5/c1-8-11-23(5)31-20-24-16-18-33(19-17-24)28(25-12-10-13-26(29-6)32-25)27(30-7)22(4)15-14-21(3)9-2/h9-10,12-18,23,30-31H,2,8,11,19-20H2,1,3-7H3,(H,29,32)/b21-14-,22-15+,28-27-. The molecule has 0 saturated heterocycles. The average Bonchev–Trinajstić information content (AvgIpc) is 2.84. The largest absolute Gasteiger partial charge is 0.386 e. The maximum atomic E-state index is 4.85. The molecule has 178 valence electrons. The molecule has 1 atom stereocenters. The summed E-state index contributed by atoms with van der Waals surface area (Å²) in [6, 6.07) is 6.61. The van der Waals surface area contributed by atoms with Crippen LogP contribution >= 0.6 is 0 Å². The van der Waals surface area contributed by atoms with E-state index in [1.807, 2.05) is 39.2 Å². The Balaban J connectivity index is 2.41. The third-order valence-corrected chi connectivity index (χ3v) is 5.73. The summed E-state index contributed by atoms with van der Waals surface area (Å²) >= 11 is 0. The van der Waals surface area contributed by atoms with Crippen molar-refractivity contribution < 1.29 is 0 Å². The monoisotopic (exact) mass is 447 g/mol. The highest BCUT2D eigenvalue weighted by molar-refractivity contribution is 5.70. The van der Waals surface area contributed by atoms with Gasteiger partial charge >= 0.3 is 0 Å². The third-order valence-electron chi connectivity index (χ3n) is 5.73. The van der Waals surface area contributed by atoms with Gasteiger partial charge < -0.3 is 20.9 Å². The molecule has 0 aromatic carbocycles. The van der Waals surface area contributed by atoms with Crippen LogP contribution in [0.4, 0.5) is 5.82 Å². The maximum Gasteiger partial charge on any atom is 0.126 e. The summed E-state index contributed by atoms with van der Waals surface area (Å²) in [4.78, 5) is 7.11. The molecule has 1 aromatic heterocycles. The van der Waals surface area contributed by atoms with Crippen molar-refractivity contribution in [3.8, 4) is 0 Å². The van der Waals surface area contributed by atoms with Gasteiger partial charge in [0.25, 0.3) is 0 Å². The molecule has 0 bridgehead atoms. The molecule has 0 radical (unpaired) electrons. The van der Waals surface area contributed by atoms with Crippen LogP contribution in [-0.2, 0) is 0 Å². The van der Waals surface area contributed by atoms with Gasteiger partial charge in [0.05, 0.1) is 17.1 Å². The van der Waals surface area contributed by atoms with Gasteiger partial charge in [-0.2, -0.15) is 0 Å². The number of hydrogen-bond acceptors (Lipinski definition) is 5. The predicted molar refractivity (Wildman–Crippen MR) is 144 cm³/mol. The molecular weight excluding hydrogens is 406 g/mol. The molecular formula is C28H41N5. The molecule has 0 fully saturated rings. The topological polar surface area (TPSA) is 52.2 Å². The van der Waals surface area contributed by atoms with Crippen LogP contribution in [0.5, 0.6) is 0 Å². The molecule has 1 unspecified atom stereocenters. The lowest BCUT2D eigenvalue weighted by Crippen LogP contribution is -2.29. The van der Waals surface area contributed by atoms with E-state index in [9.17, 15) is 0 Å². The van der Waals surface area contributed by atoms with E-state index in [1.165, 1.54) is 18.4 Å². The van der Waals surface area contributed by atoms with E-state index in [4.69, 9.17) is 4.98 Å². The van der Waals surface area contributed by atoms with Crippen molar-refractivity contribution in [3.05, 3.63) is 89.5 Å². The molecule has 33 heavy (non-hydrogen) atoms. The quantitative estimate of drug-likeness (QED) is 0.363. The van der Waals surface area contributed by atoms with Crippen molar-refractivity contribution in [3.63, 3.8) is 0 Å². The summed E-state index contributed by atoms with van der Waals surface area (Å²) in [5.41, 5.74) is 6.57. The zero-order valence-corrected chi connectivity index (χ0v) is 21.2. The smallest absolute Gasteiger partial charge is 0.126 e. The first-order valence-corrected chi connectivity index (χ1v) is 11.9. The number of aromatic nitrogens is 1. The van der Waals surface area contributed by atoms with Crippen molar-refractivity contribution >= 4 is 11.5 Å². The highest BCUT2D eigenvalue weighted by atomic mass is 15.2. The van der Waals surface area contributed by atoms with E-state index in [0.29, 0.717) is 6.04 Å². The Bertz CT molecular complexity index is 949. The number of likely N-dealkylation sites (N-methyl/N-ethyl adjacent to an activating group) is 1. The average molecular weight is 448 g/mol. The fraction of sp³-hybridized carbons (Fsp3) is 0.393. The second kappa shape index (κ2) is 13.5. The van der Waals surface area contributed by atoms with Crippen LogP contribution in [0.3, 0.4) is 0 Å². The van der Waals surface area contributed by atoms with E-state index >= 15 is 0 Å². The minimum absolute atomic E-state index is 0.530. The van der Waals surface area contributed by atoms with Gasteiger partial charge in [0.2, 0.25) is 0 Å². The molecule has 0 amide bonds. The van der Waals surface area contributed by atoms with Gasteiger partial charge in [-0.15, -0.1) is 0 Å². The summed E-state index contributed by atoms with van der Waals surface area (Å²) in [7, 11) is 3.86. The molecule has 0 spiro atoms. The molecule has 5 heteroatoms. The molecule has 5 nitrogen and oxygen atoms in total. The second-order valence-corrected chi connectivity index (χ2v) is 8.41. The molecule has 2 rings (SSSR count). The summed E-state index contributed by atoms with van der Waals surface area (Å²) < 4.78 is 0. The van der Waals surface area contributed by atoms with Gasteiger partial charge in [0.15, 0.2) is 0 Å². The fourth-order valence-corrected chi connectivity index (χ4v) is 3.69. The first-order valence-electron chi connectivity index (χ1n) is 11.9. The normalized spacial score (nSPS) is 16.2. The van der Waals surface area contributed by atoms with Crippen LogP contribution in [-0.4, -0.2) is 43.1 Å². The number of hydrogen-bond donors (Lipinski definition) is 3. The van der Waals surface area contributed by atoms with E-state index in [2.05, 4.69) is 84.8 Å². The van der Waals surface area contributed by atoms with Crippen LogP contribution in [0.15, 0.2) is 83.8 Å². The van der Waals surface area contributed by atoms with E-state index < -0.39 is 0 Å². The number of allylic oxidation sites excluding steroid dienone is 5. The molecule has 2 heterocycles. The van der Waals surface area contributed by atoms with Gasteiger partial charge in [-0.1, -0.05) is 55.9 Å². The minimum Gasteiger partial charge on any atom is -0.386 e. The van der Waals surface area contributed by atoms with Crippen LogP contribution in [0.1, 0.15) is 46.2 Å². The molecule has 1 aromatic rings. The maximum absolute atomic E-state index is 4.85. The Hall–Kier alpha value is -3.05. The number of nitrogens with zero attached hydrogens (tertiary/aromatic N) is 2. The first kappa shape index (κ1) is 26.2. The minimum atomic E-state index is 0.530. The van der Waals surface area contributed by atoms with E-state index in [0.717, 1.165) is 47.1 Å². The Morgan fingerprint density at radius 1 is 1.24 bits per heavy atom. The lowest BCUT2D eigenvalue weighted by atomic mass is 10.1. The van der Waals surface area contributed by atoms with E-state index in [-0.39, 0.29) is 0 Å². The predicted octanol–water partition coefficient (Wildman–Crippen LogP) is 5.62. The van der Waals surface area contributed by atoms with Crippen LogP contribution in [0.2, 0.25) is 0 Å². The van der Waals surface area contributed by atoms with Crippen molar-refractivity contribution in [2.45, 2.75) is 46.6 Å². The van der Waals surface area contributed by atoms with Crippen molar-refractivity contribution in [1.82, 2.24) is 20.5 Å². The van der Waals surface area contributed by atoms with Crippen molar-refractivity contribution in [2.24, 2.45) is 0 Å². The zero-order valence-electron chi connectivity index (χ0n) is 21.2. The highest BCUT2D eigenvalue weighted by Crippen LogP contribution is 2.28. The van der Waals surface area contributed by atoms with Gasteiger partial charge in [-0.25, -0.2) is 4.98 Å². The third kappa shape index (κ3) is 7.79. The zero-order chi connectivity index (χ0) is 24.2. The number of rotatable bonds is 12. The van der Waals surface area contributed by atoms with Crippen molar-refractivity contribution in [2.75, 3.05) is 32.5 Å². The summed E-state index contributed by atoms with van der Waals surface area (Å²) in [5.74, 6) is 0.843. The fourth-order valence-electron chi connectivity index (χ4n) is 3.69. The van der Waals surface area contributed by atoms with Gasteiger partial charge in [-0.3, -0.25) is 0 Å². The SMILES string of the molecule is C=C\C(C)=C/C=C(C)/C(NC)=C(\c1cccc(NC)n1)N1C=CC(CNC(C)CCC)=CC1. The lowest BCUT2D eigenvalue weighted by molar-refractivity contribution is 0.525. The molecule has 0 saturated carbocycles. The van der Waals surface area contributed by atoms with Crippen LogP contribution in [0, 0.1) is 0 Å². The number of nitrogens with one attached hydrogen (secondary N) is 3. The summed E-state index contributed by atoms with van der Waals surface area (Å²) in [6.45, 7) is 14.2.